The molecule has 0 rings (SSSR count). The molecule has 54 heavy (non-hydrogen) atoms. The van der Waals surface area contributed by atoms with E-state index in [0.29, 0.717) is 11.8 Å². The minimum absolute atomic E-state index is 0.679. The molecule has 5 nitrogen and oxygen atoms in total. The van der Waals surface area contributed by atoms with Gasteiger partial charge in [-0.1, -0.05) is 216 Å². The fraction of sp³-hybridized carbons (Fsp3) is 1.00. The van der Waals surface area contributed by atoms with Crippen LogP contribution in [0.5, 0.6) is 0 Å². The highest BCUT2D eigenvalue weighted by Crippen LogP contribution is 2.18. The summed E-state index contributed by atoms with van der Waals surface area (Å²) in [5.41, 5.74) is 7.65. The highest BCUT2D eigenvalue weighted by molar-refractivity contribution is 4.62. The first-order valence-electron chi connectivity index (χ1n) is 24.9. The molecule has 0 aliphatic carbocycles. The van der Waals surface area contributed by atoms with Crippen LogP contribution in [0, 0.1) is 11.8 Å². The van der Waals surface area contributed by atoms with Gasteiger partial charge in [0.25, 0.3) is 0 Å². The Bertz CT molecular complexity index is 541. The molecular weight excluding hydrogens is 661 g/mol. The Labute approximate surface area is 344 Å². The van der Waals surface area contributed by atoms with Crippen molar-refractivity contribution < 1.29 is 5.21 Å². The maximum atomic E-state index is 8.86. The van der Waals surface area contributed by atoms with Gasteiger partial charge in [0.05, 0.1) is 0 Å². The van der Waals surface area contributed by atoms with Crippen molar-refractivity contribution in [1.82, 2.24) is 15.7 Å². The summed E-state index contributed by atoms with van der Waals surface area (Å²) in [6.45, 7) is 28.2. The van der Waals surface area contributed by atoms with Gasteiger partial charge in [-0.15, -0.1) is 0 Å². The lowest BCUT2D eigenvalue weighted by atomic mass is 9.94. The topological polar surface area (TPSA) is 73.5 Å². The SMILES string of the molecule is CCC(C)CN.CCCCCCCCC(CCCCCC)CNO.CCCCCCCCCCCCNCCCC.CCCCN(CCCC)CCCC. The molecule has 0 saturated carbocycles. The van der Waals surface area contributed by atoms with Crippen LogP contribution in [0.3, 0.4) is 0 Å². The molecule has 0 aliphatic heterocycles. The van der Waals surface area contributed by atoms with E-state index >= 15 is 0 Å². The second-order valence-corrected chi connectivity index (χ2v) is 16.6. The standard InChI is InChI=1S/C16H35NO.C16H35N.C12H27N.C5H13N/c1-3-5-7-9-10-12-14-16(15-17-18)13-11-8-6-4-2;1-3-5-7-8-9-10-11-12-13-14-16-17-15-6-4-2;1-4-7-10-13(11-8-5-2)12-9-6-3;1-3-5(2)4-6/h16-18H,3-15H2,1-2H3;17H,3-16H2,1-2H3;4-12H2,1-3H3;5H,3-4,6H2,1-2H3. The lowest BCUT2D eigenvalue weighted by Crippen LogP contribution is -2.27. The van der Waals surface area contributed by atoms with E-state index in [1.807, 2.05) is 0 Å². The normalized spacial score (nSPS) is 12.0. The van der Waals surface area contributed by atoms with Crippen LogP contribution in [-0.4, -0.2) is 55.9 Å². The minimum atomic E-state index is 0.679. The van der Waals surface area contributed by atoms with Gasteiger partial charge in [0, 0.05) is 6.54 Å². The van der Waals surface area contributed by atoms with Crippen LogP contribution >= 0.6 is 0 Å². The van der Waals surface area contributed by atoms with Crippen LogP contribution in [-0.2, 0) is 0 Å². The molecule has 0 aromatic carbocycles. The highest BCUT2D eigenvalue weighted by atomic mass is 16.5. The summed E-state index contributed by atoms with van der Waals surface area (Å²) in [6, 6.07) is 0. The molecule has 0 aromatic rings. The van der Waals surface area contributed by atoms with Crippen molar-refractivity contribution in [2.75, 3.05) is 45.8 Å². The van der Waals surface area contributed by atoms with E-state index < -0.39 is 0 Å². The van der Waals surface area contributed by atoms with Gasteiger partial charge in [-0.2, -0.15) is 0 Å². The zero-order valence-corrected chi connectivity index (χ0v) is 39.5. The summed E-state index contributed by atoms with van der Waals surface area (Å²) < 4.78 is 0. The van der Waals surface area contributed by atoms with Crippen molar-refractivity contribution in [3.05, 3.63) is 0 Å². The molecule has 0 fully saturated rings. The van der Waals surface area contributed by atoms with Crippen LogP contribution in [0.2, 0.25) is 0 Å². The molecule has 5 N–H and O–H groups in total. The molecule has 332 valence electrons. The van der Waals surface area contributed by atoms with Crippen LogP contribution in [0.15, 0.2) is 0 Å². The number of nitrogens with one attached hydrogen (secondary N) is 2. The van der Waals surface area contributed by atoms with Gasteiger partial charge in [-0.3, -0.25) is 0 Å². The van der Waals surface area contributed by atoms with Gasteiger partial charge in [-0.05, 0) is 96.1 Å². The third-order valence-electron chi connectivity index (χ3n) is 10.8. The average molecular weight is 771 g/mol. The summed E-state index contributed by atoms with van der Waals surface area (Å²) in [4.78, 5) is 2.64. The largest absolute Gasteiger partial charge is 0.330 e. The zero-order chi connectivity index (χ0) is 41.0. The van der Waals surface area contributed by atoms with Gasteiger partial charge in [-0.25, -0.2) is 5.48 Å². The second kappa shape index (κ2) is 59.5. The lowest BCUT2D eigenvalue weighted by molar-refractivity contribution is 0.142. The Balaban J connectivity index is -0.000000325. The van der Waals surface area contributed by atoms with Crippen LogP contribution in [0.1, 0.15) is 261 Å². The Kier molecular flexibility index (Phi) is 66.6. The minimum Gasteiger partial charge on any atom is -0.330 e. The van der Waals surface area contributed by atoms with Gasteiger partial charge >= 0.3 is 0 Å². The number of nitrogens with two attached hydrogens (primary N) is 1. The molecule has 0 aromatic heterocycles. The van der Waals surface area contributed by atoms with Crippen molar-refractivity contribution in [3.8, 4) is 0 Å². The number of hydrogen-bond donors (Lipinski definition) is 4. The van der Waals surface area contributed by atoms with E-state index in [-0.39, 0.29) is 0 Å². The van der Waals surface area contributed by atoms with Crippen LogP contribution < -0.4 is 16.5 Å². The molecule has 0 amide bonds. The molecule has 0 bridgehead atoms. The maximum Gasteiger partial charge on any atom is 0.0235 e. The van der Waals surface area contributed by atoms with Crippen LogP contribution in [0.25, 0.3) is 0 Å². The maximum absolute atomic E-state index is 8.86. The Morgan fingerprint density at radius 2 is 0.778 bits per heavy atom. The summed E-state index contributed by atoms with van der Waals surface area (Å²) in [7, 11) is 0. The van der Waals surface area contributed by atoms with E-state index in [1.54, 1.807) is 0 Å². The monoisotopic (exact) mass is 771 g/mol. The quantitative estimate of drug-likeness (QED) is 0.0370. The van der Waals surface area contributed by atoms with E-state index in [2.05, 4.69) is 78.0 Å². The molecule has 0 spiro atoms. The predicted molar refractivity (Wildman–Crippen MR) is 249 cm³/mol. The Hall–Kier alpha value is -0.200. The fourth-order valence-corrected chi connectivity index (χ4v) is 6.36. The van der Waals surface area contributed by atoms with E-state index in [4.69, 9.17) is 10.9 Å². The van der Waals surface area contributed by atoms with Crippen molar-refractivity contribution >= 4 is 0 Å². The number of hydrogen-bond acceptors (Lipinski definition) is 5. The Morgan fingerprint density at radius 3 is 1.11 bits per heavy atom. The van der Waals surface area contributed by atoms with Gasteiger partial charge in [0.15, 0.2) is 0 Å². The molecule has 2 unspecified atom stereocenters. The number of nitrogens with zero attached hydrogens (tertiary/aromatic N) is 1. The summed E-state index contributed by atoms with van der Waals surface area (Å²) in [5, 5.41) is 12.4. The van der Waals surface area contributed by atoms with E-state index in [1.165, 1.54) is 232 Å². The smallest absolute Gasteiger partial charge is 0.0235 e. The summed E-state index contributed by atoms with van der Waals surface area (Å²) in [6.07, 6.45) is 42.4. The fourth-order valence-electron chi connectivity index (χ4n) is 6.36. The molecule has 0 aliphatic rings. The first kappa shape index (κ1) is 60.5. The molecule has 0 heterocycles. The molecule has 0 saturated heterocycles. The molecule has 2 atom stereocenters. The molecule has 0 radical (unpaired) electrons. The summed E-state index contributed by atoms with van der Waals surface area (Å²) >= 11 is 0. The van der Waals surface area contributed by atoms with E-state index in [9.17, 15) is 0 Å². The first-order valence-corrected chi connectivity index (χ1v) is 24.9. The van der Waals surface area contributed by atoms with Crippen LogP contribution in [0.4, 0.5) is 0 Å². The molecule has 5 heteroatoms. The second-order valence-electron chi connectivity index (χ2n) is 16.6. The first-order chi connectivity index (χ1) is 26.4. The van der Waals surface area contributed by atoms with Gasteiger partial charge < -0.3 is 21.2 Å². The van der Waals surface area contributed by atoms with Crippen molar-refractivity contribution in [1.29, 1.82) is 0 Å². The van der Waals surface area contributed by atoms with Gasteiger partial charge in [0.1, 0.15) is 0 Å². The number of unbranched alkanes of at least 4 members (excludes halogenated alkanes) is 21. The summed E-state index contributed by atoms with van der Waals surface area (Å²) in [5.74, 6) is 1.39. The number of rotatable bonds is 39. The third kappa shape index (κ3) is 61.0. The molecular formula is C49H110N4O. The predicted octanol–water partition coefficient (Wildman–Crippen LogP) is 15.3. The van der Waals surface area contributed by atoms with Crippen molar-refractivity contribution in [3.63, 3.8) is 0 Å². The lowest BCUT2D eigenvalue weighted by Gasteiger charge is -2.21. The third-order valence-corrected chi connectivity index (χ3v) is 10.8. The highest BCUT2D eigenvalue weighted by Gasteiger charge is 2.08. The zero-order valence-electron chi connectivity index (χ0n) is 39.5. The number of hydroxylamine groups is 1. The van der Waals surface area contributed by atoms with Crippen molar-refractivity contribution in [2.24, 2.45) is 17.6 Å². The van der Waals surface area contributed by atoms with Crippen molar-refractivity contribution in [2.45, 2.75) is 261 Å². The average Bonchev–Trinajstić information content (AvgIpc) is 3.19. The van der Waals surface area contributed by atoms with Gasteiger partial charge in [0.2, 0.25) is 0 Å². The van der Waals surface area contributed by atoms with E-state index in [0.717, 1.165) is 13.1 Å². The Morgan fingerprint density at radius 1 is 0.444 bits per heavy atom.